The topological polar surface area (TPSA) is 76.8 Å². The van der Waals surface area contributed by atoms with Crippen molar-refractivity contribution in [3.8, 4) is 17.2 Å². The number of aromatic nitrogens is 2. The normalized spacial score (nSPS) is 11.1. The summed E-state index contributed by atoms with van der Waals surface area (Å²) in [6, 6.07) is 16.7. The van der Waals surface area contributed by atoms with E-state index in [0.29, 0.717) is 34.6 Å². The Bertz CT molecular complexity index is 1530. The van der Waals surface area contributed by atoms with E-state index in [4.69, 9.17) is 32.7 Å². The minimum absolute atomic E-state index is 0.176. The molecule has 0 saturated carbocycles. The first-order chi connectivity index (χ1) is 20.1. The standard InChI is InChI=1S/C33H37Cl2N3O4/c1-6-7-15-41-31-14-11-23(17-25(31)33(39)40)19-37(5)29-13-12-24(16-22(29)4)42-20-30-26(21(2)3)18-36-38(30)32-27(34)9-8-10-28(32)35/h8-14,16-18,21H,6-7,15,19-20H2,1-5H3,(H,39,40). The number of ether oxygens (including phenoxy) is 2. The molecule has 3 aromatic carbocycles. The number of hydrogen-bond acceptors (Lipinski definition) is 5. The van der Waals surface area contributed by atoms with Gasteiger partial charge in [-0.05, 0) is 78.4 Å². The third-order valence-electron chi connectivity index (χ3n) is 7.08. The number of anilines is 1. The minimum atomic E-state index is -0.998. The molecule has 0 radical (unpaired) electrons. The molecule has 0 atom stereocenters. The van der Waals surface area contributed by atoms with E-state index in [1.54, 1.807) is 28.9 Å². The average Bonchev–Trinajstić information content (AvgIpc) is 3.36. The van der Waals surface area contributed by atoms with E-state index in [0.717, 1.165) is 46.7 Å². The number of nitrogens with zero attached hydrogens (tertiary/aromatic N) is 3. The van der Waals surface area contributed by atoms with Crippen molar-refractivity contribution in [2.24, 2.45) is 0 Å². The quantitative estimate of drug-likeness (QED) is 0.153. The van der Waals surface area contributed by atoms with E-state index in [1.807, 2.05) is 50.5 Å². The van der Waals surface area contributed by atoms with Gasteiger partial charge in [0.1, 0.15) is 29.4 Å². The molecule has 222 valence electrons. The van der Waals surface area contributed by atoms with E-state index < -0.39 is 5.97 Å². The van der Waals surface area contributed by atoms with Gasteiger partial charge in [0.25, 0.3) is 0 Å². The fourth-order valence-electron chi connectivity index (χ4n) is 4.85. The van der Waals surface area contributed by atoms with Crippen molar-refractivity contribution in [1.29, 1.82) is 0 Å². The van der Waals surface area contributed by atoms with Crippen LogP contribution in [0, 0.1) is 6.92 Å². The summed E-state index contributed by atoms with van der Waals surface area (Å²) in [6.07, 6.45) is 3.70. The van der Waals surface area contributed by atoms with Crippen LogP contribution < -0.4 is 14.4 Å². The van der Waals surface area contributed by atoms with Crippen LogP contribution in [-0.2, 0) is 13.2 Å². The lowest BCUT2D eigenvalue weighted by atomic mass is 10.0. The molecule has 0 unspecified atom stereocenters. The SMILES string of the molecule is CCCCOc1ccc(CN(C)c2ccc(OCc3c(C(C)C)cnn3-c3c(Cl)cccc3Cl)cc2C)cc1C(=O)O. The molecule has 0 amide bonds. The third kappa shape index (κ3) is 7.20. The Morgan fingerprint density at radius 1 is 1.07 bits per heavy atom. The van der Waals surface area contributed by atoms with Crippen LogP contribution in [0.1, 0.15) is 72.3 Å². The van der Waals surface area contributed by atoms with Gasteiger partial charge in [-0.15, -0.1) is 0 Å². The Labute approximate surface area is 257 Å². The van der Waals surface area contributed by atoms with Gasteiger partial charge in [0, 0.05) is 19.3 Å². The van der Waals surface area contributed by atoms with Crippen LogP contribution in [-0.4, -0.2) is 34.5 Å². The maximum absolute atomic E-state index is 11.9. The molecule has 0 aliphatic heterocycles. The molecule has 42 heavy (non-hydrogen) atoms. The van der Waals surface area contributed by atoms with E-state index in [-0.39, 0.29) is 18.1 Å². The van der Waals surface area contributed by atoms with Gasteiger partial charge >= 0.3 is 5.97 Å². The Morgan fingerprint density at radius 3 is 2.45 bits per heavy atom. The van der Waals surface area contributed by atoms with Crippen LogP contribution in [0.3, 0.4) is 0 Å². The van der Waals surface area contributed by atoms with Crippen molar-refractivity contribution in [3.05, 3.63) is 98.8 Å². The van der Waals surface area contributed by atoms with Crippen LogP contribution in [0.2, 0.25) is 10.0 Å². The molecular weight excluding hydrogens is 573 g/mol. The number of hydrogen-bond donors (Lipinski definition) is 1. The number of benzene rings is 3. The molecule has 1 heterocycles. The summed E-state index contributed by atoms with van der Waals surface area (Å²) in [5.41, 5.74) is 5.67. The molecule has 0 spiro atoms. The second-order valence-corrected chi connectivity index (χ2v) is 11.4. The number of para-hydroxylation sites is 1. The van der Waals surface area contributed by atoms with Gasteiger partial charge in [0.2, 0.25) is 0 Å². The average molecular weight is 611 g/mol. The molecule has 1 aromatic heterocycles. The highest BCUT2D eigenvalue weighted by Crippen LogP contribution is 2.33. The summed E-state index contributed by atoms with van der Waals surface area (Å²) >= 11 is 13.0. The fraction of sp³-hybridized carbons (Fsp3) is 0.333. The summed E-state index contributed by atoms with van der Waals surface area (Å²) in [6.45, 7) is 9.64. The zero-order valence-electron chi connectivity index (χ0n) is 24.7. The zero-order chi connectivity index (χ0) is 30.4. The van der Waals surface area contributed by atoms with E-state index in [1.165, 1.54) is 0 Å². The first kappa shape index (κ1) is 31.3. The lowest BCUT2D eigenvalue weighted by molar-refractivity contribution is 0.0692. The number of unbranched alkanes of at least 4 members (excludes halogenated alkanes) is 1. The first-order valence-electron chi connectivity index (χ1n) is 14.1. The minimum Gasteiger partial charge on any atom is -0.493 e. The van der Waals surface area contributed by atoms with Crippen molar-refractivity contribution in [3.63, 3.8) is 0 Å². The highest BCUT2D eigenvalue weighted by Gasteiger charge is 2.20. The van der Waals surface area contributed by atoms with Crippen LogP contribution in [0.15, 0.2) is 60.8 Å². The van der Waals surface area contributed by atoms with Crippen LogP contribution in [0.4, 0.5) is 5.69 Å². The summed E-state index contributed by atoms with van der Waals surface area (Å²) in [4.78, 5) is 14.0. The largest absolute Gasteiger partial charge is 0.493 e. The Hall–Kier alpha value is -3.68. The number of carbonyl (C=O) groups is 1. The molecule has 9 heteroatoms. The van der Waals surface area contributed by atoms with Crippen molar-refractivity contribution in [1.82, 2.24) is 9.78 Å². The van der Waals surface area contributed by atoms with Crippen molar-refractivity contribution < 1.29 is 19.4 Å². The number of aromatic carboxylic acids is 1. The van der Waals surface area contributed by atoms with Crippen molar-refractivity contribution >= 4 is 34.9 Å². The van der Waals surface area contributed by atoms with Gasteiger partial charge in [0.05, 0.1) is 28.5 Å². The number of rotatable bonds is 13. The summed E-state index contributed by atoms with van der Waals surface area (Å²) in [7, 11) is 1.98. The van der Waals surface area contributed by atoms with E-state index in [9.17, 15) is 9.90 Å². The second-order valence-electron chi connectivity index (χ2n) is 10.6. The molecule has 1 N–H and O–H groups in total. The smallest absolute Gasteiger partial charge is 0.339 e. The summed E-state index contributed by atoms with van der Waals surface area (Å²) in [5.74, 6) is 0.357. The van der Waals surface area contributed by atoms with E-state index >= 15 is 0 Å². The lowest BCUT2D eigenvalue weighted by Crippen LogP contribution is -2.18. The van der Waals surface area contributed by atoms with Gasteiger partial charge < -0.3 is 19.5 Å². The van der Waals surface area contributed by atoms with Crippen LogP contribution >= 0.6 is 23.2 Å². The van der Waals surface area contributed by atoms with Gasteiger partial charge in [-0.25, -0.2) is 9.48 Å². The highest BCUT2D eigenvalue weighted by molar-refractivity contribution is 6.37. The fourth-order valence-corrected chi connectivity index (χ4v) is 5.41. The number of aryl methyl sites for hydroxylation is 1. The third-order valence-corrected chi connectivity index (χ3v) is 7.69. The first-order valence-corrected chi connectivity index (χ1v) is 14.8. The maximum atomic E-state index is 11.9. The molecule has 0 fully saturated rings. The Morgan fingerprint density at radius 2 is 1.81 bits per heavy atom. The van der Waals surface area contributed by atoms with Gasteiger partial charge in [-0.1, -0.05) is 62.5 Å². The summed E-state index contributed by atoms with van der Waals surface area (Å²) in [5, 5.41) is 15.3. The molecule has 7 nitrogen and oxygen atoms in total. The number of carboxylic acids is 1. The van der Waals surface area contributed by atoms with Gasteiger partial charge in [-0.3, -0.25) is 0 Å². The molecule has 0 saturated heterocycles. The Balaban J connectivity index is 1.50. The van der Waals surface area contributed by atoms with E-state index in [2.05, 4.69) is 30.8 Å². The molecule has 0 bridgehead atoms. The van der Waals surface area contributed by atoms with Crippen molar-refractivity contribution in [2.75, 3.05) is 18.6 Å². The summed E-state index contributed by atoms with van der Waals surface area (Å²) < 4.78 is 13.7. The molecule has 4 aromatic rings. The predicted molar refractivity (Wildman–Crippen MR) is 169 cm³/mol. The van der Waals surface area contributed by atoms with Gasteiger partial charge in [-0.2, -0.15) is 5.10 Å². The highest BCUT2D eigenvalue weighted by atomic mass is 35.5. The lowest BCUT2D eigenvalue weighted by Gasteiger charge is -2.23. The Kier molecular flexibility index (Phi) is 10.4. The zero-order valence-corrected chi connectivity index (χ0v) is 26.2. The monoisotopic (exact) mass is 609 g/mol. The number of carboxylic acid groups (broad SMARTS) is 1. The second kappa shape index (κ2) is 14.0. The maximum Gasteiger partial charge on any atom is 0.339 e. The molecule has 4 rings (SSSR count). The molecule has 0 aliphatic carbocycles. The molecule has 0 aliphatic rings. The van der Waals surface area contributed by atoms with Crippen molar-refractivity contribution in [2.45, 2.75) is 59.6 Å². The van der Waals surface area contributed by atoms with Crippen LogP contribution in [0.5, 0.6) is 11.5 Å². The van der Waals surface area contributed by atoms with Gasteiger partial charge in [0.15, 0.2) is 0 Å². The molecular formula is C33H37Cl2N3O4. The number of halogens is 2. The van der Waals surface area contributed by atoms with Crippen LogP contribution in [0.25, 0.3) is 5.69 Å². The predicted octanol–water partition coefficient (Wildman–Crippen LogP) is 8.70.